The summed E-state index contributed by atoms with van der Waals surface area (Å²) in [6.07, 6.45) is 2.67. The minimum atomic E-state index is -0.852. The maximum Gasteiger partial charge on any atom is 0.251 e. The van der Waals surface area contributed by atoms with Gasteiger partial charge in [0, 0.05) is 30.1 Å². The second-order valence-electron chi connectivity index (χ2n) is 7.63. The fourth-order valence-electron chi connectivity index (χ4n) is 3.45. The molecule has 2 aliphatic rings. The van der Waals surface area contributed by atoms with Crippen molar-refractivity contribution in [1.82, 2.24) is 10.6 Å². The topological polar surface area (TPSA) is 78.4 Å². The van der Waals surface area contributed by atoms with Gasteiger partial charge in [-0.2, -0.15) is 0 Å². The van der Waals surface area contributed by atoms with Crippen molar-refractivity contribution >= 4 is 11.7 Å². The molecule has 2 fully saturated rings. The summed E-state index contributed by atoms with van der Waals surface area (Å²) >= 11 is 0. The number of Topliss-reactive ketones (excluding diaryl/α,β-unsaturated/α-hetero) is 1. The maximum atomic E-state index is 12.3. The largest absolute Gasteiger partial charge is 0.387 e. The highest BCUT2D eigenvalue weighted by molar-refractivity contribution is 5.99. The summed E-state index contributed by atoms with van der Waals surface area (Å²) in [6.45, 7) is 1.52. The van der Waals surface area contributed by atoms with E-state index in [2.05, 4.69) is 10.6 Å². The van der Waals surface area contributed by atoms with Gasteiger partial charge in [-0.05, 0) is 49.1 Å². The van der Waals surface area contributed by atoms with E-state index in [1.165, 1.54) is 0 Å². The number of β-amino-alcohol motifs (C(OH)–C–C–N with tert-alkyl or cyclic N) is 1. The van der Waals surface area contributed by atoms with Crippen molar-refractivity contribution in [2.75, 3.05) is 19.6 Å². The third-order valence-corrected chi connectivity index (χ3v) is 5.40. The molecule has 27 heavy (non-hydrogen) atoms. The van der Waals surface area contributed by atoms with E-state index in [-0.39, 0.29) is 24.2 Å². The van der Waals surface area contributed by atoms with E-state index in [1.807, 2.05) is 36.4 Å². The number of carbonyl (C=O) groups is 2. The molecular weight excluding hydrogens is 340 g/mol. The molecule has 1 saturated carbocycles. The highest BCUT2D eigenvalue weighted by atomic mass is 16.3. The molecule has 1 atom stereocenters. The van der Waals surface area contributed by atoms with E-state index in [4.69, 9.17) is 0 Å². The van der Waals surface area contributed by atoms with E-state index in [0.29, 0.717) is 18.5 Å². The van der Waals surface area contributed by atoms with Gasteiger partial charge in [0.1, 0.15) is 0 Å². The summed E-state index contributed by atoms with van der Waals surface area (Å²) in [7, 11) is 0. The Balaban J connectivity index is 1.39. The standard InChI is InChI=1S/C22H24N2O3/c25-20(18-7-8-18)17-5-1-15(2-6-17)16-3-9-19(10-4-16)21(26)24-14-22(27)11-12-23-13-22/h1-6,9-10,18,23,27H,7-8,11-14H2,(H,24,26)/t22-/m0/s1. The number of rotatable bonds is 6. The molecule has 0 aromatic heterocycles. The average Bonchev–Trinajstić information content (AvgIpc) is 3.47. The van der Waals surface area contributed by atoms with Crippen LogP contribution < -0.4 is 10.6 Å². The third-order valence-electron chi connectivity index (χ3n) is 5.40. The van der Waals surface area contributed by atoms with Gasteiger partial charge in [0.15, 0.2) is 5.78 Å². The summed E-state index contributed by atoms with van der Waals surface area (Å²) < 4.78 is 0. The van der Waals surface area contributed by atoms with Crippen LogP contribution in [0.3, 0.4) is 0 Å². The summed E-state index contributed by atoms with van der Waals surface area (Å²) in [5, 5.41) is 16.2. The van der Waals surface area contributed by atoms with Gasteiger partial charge in [0.2, 0.25) is 0 Å². The van der Waals surface area contributed by atoms with Crippen LogP contribution in [-0.2, 0) is 0 Å². The lowest BCUT2D eigenvalue weighted by Gasteiger charge is -2.21. The first-order chi connectivity index (χ1) is 13.0. The maximum absolute atomic E-state index is 12.3. The Morgan fingerprint density at radius 3 is 2.11 bits per heavy atom. The molecule has 0 radical (unpaired) electrons. The van der Waals surface area contributed by atoms with Crippen molar-refractivity contribution in [3.8, 4) is 11.1 Å². The van der Waals surface area contributed by atoms with Gasteiger partial charge in [0.25, 0.3) is 5.91 Å². The van der Waals surface area contributed by atoms with E-state index < -0.39 is 5.60 Å². The summed E-state index contributed by atoms with van der Waals surface area (Å²) in [5.41, 5.74) is 2.50. The number of amides is 1. The molecule has 0 bridgehead atoms. The smallest absolute Gasteiger partial charge is 0.251 e. The fraction of sp³-hybridized carbons (Fsp3) is 0.364. The van der Waals surface area contributed by atoms with Crippen molar-refractivity contribution in [1.29, 1.82) is 0 Å². The fourth-order valence-corrected chi connectivity index (χ4v) is 3.45. The van der Waals surface area contributed by atoms with E-state index in [1.54, 1.807) is 12.1 Å². The zero-order valence-electron chi connectivity index (χ0n) is 15.2. The Labute approximate surface area is 158 Å². The van der Waals surface area contributed by atoms with E-state index in [0.717, 1.165) is 36.1 Å². The molecule has 140 valence electrons. The van der Waals surface area contributed by atoms with Gasteiger partial charge in [-0.25, -0.2) is 0 Å². The quantitative estimate of drug-likeness (QED) is 0.688. The number of hydrogen-bond donors (Lipinski definition) is 3. The van der Waals surface area contributed by atoms with Crippen molar-refractivity contribution < 1.29 is 14.7 Å². The molecule has 3 N–H and O–H groups in total. The van der Waals surface area contributed by atoms with Crippen LogP contribution in [0.4, 0.5) is 0 Å². The van der Waals surface area contributed by atoms with Crippen LogP contribution in [0.2, 0.25) is 0 Å². The Kier molecular flexibility index (Phi) is 4.81. The van der Waals surface area contributed by atoms with Crippen molar-refractivity contribution in [2.45, 2.75) is 24.9 Å². The summed E-state index contributed by atoms with van der Waals surface area (Å²) in [4.78, 5) is 24.4. The molecule has 5 nitrogen and oxygen atoms in total. The molecule has 5 heteroatoms. The Morgan fingerprint density at radius 2 is 1.59 bits per heavy atom. The minimum Gasteiger partial charge on any atom is -0.387 e. The van der Waals surface area contributed by atoms with Gasteiger partial charge in [0.05, 0.1) is 5.60 Å². The number of nitrogens with one attached hydrogen (secondary N) is 2. The van der Waals surface area contributed by atoms with Gasteiger partial charge in [-0.1, -0.05) is 36.4 Å². The zero-order valence-corrected chi connectivity index (χ0v) is 15.2. The molecule has 1 aliphatic carbocycles. The van der Waals surface area contributed by atoms with Crippen LogP contribution in [0, 0.1) is 5.92 Å². The number of ketones is 1. The van der Waals surface area contributed by atoms with Gasteiger partial charge in [-0.15, -0.1) is 0 Å². The normalized spacial score (nSPS) is 21.8. The first-order valence-corrected chi connectivity index (χ1v) is 9.50. The molecule has 1 heterocycles. The minimum absolute atomic E-state index is 0.188. The lowest BCUT2D eigenvalue weighted by molar-refractivity contribution is 0.0562. The second kappa shape index (κ2) is 7.25. The highest BCUT2D eigenvalue weighted by Crippen LogP contribution is 2.33. The third kappa shape index (κ3) is 4.10. The molecule has 2 aromatic carbocycles. The second-order valence-corrected chi connectivity index (χ2v) is 7.63. The van der Waals surface area contributed by atoms with Crippen LogP contribution in [0.25, 0.3) is 11.1 Å². The summed E-state index contributed by atoms with van der Waals surface area (Å²) in [6, 6.07) is 15.0. The van der Waals surface area contributed by atoms with Crippen LogP contribution >= 0.6 is 0 Å². The van der Waals surface area contributed by atoms with Crippen molar-refractivity contribution in [3.05, 3.63) is 59.7 Å². The van der Waals surface area contributed by atoms with E-state index in [9.17, 15) is 14.7 Å². The zero-order chi connectivity index (χ0) is 18.9. The van der Waals surface area contributed by atoms with Crippen LogP contribution in [0.5, 0.6) is 0 Å². The highest BCUT2D eigenvalue weighted by Gasteiger charge is 2.31. The van der Waals surface area contributed by atoms with Crippen molar-refractivity contribution in [2.24, 2.45) is 5.92 Å². The number of carbonyl (C=O) groups excluding carboxylic acids is 2. The number of benzene rings is 2. The first-order valence-electron chi connectivity index (χ1n) is 9.50. The molecule has 1 saturated heterocycles. The Hall–Kier alpha value is -2.50. The Bertz CT molecular complexity index is 833. The monoisotopic (exact) mass is 364 g/mol. The molecule has 1 aliphatic heterocycles. The van der Waals surface area contributed by atoms with E-state index >= 15 is 0 Å². The lowest BCUT2D eigenvalue weighted by atomic mass is 10.00. The number of hydrogen-bond acceptors (Lipinski definition) is 4. The molecule has 4 rings (SSSR count). The summed E-state index contributed by atoms with van der Waals surface area (Å²) in [5.74, 6) is 0.284. The first kappa shape index (κ1) is 17.9. The van der Waals surface area contributed by atoms with Crippen LogP contribution in [-0.4, -0.2) is 42.0 Å². The predicted octanol–water partition coefficient (Wildman–Crippen LogP) is 2.40. The molecule has 0 unspecified atom stereocenters. The van der Waals surface area contributed by atoms with Crippen LogP contribution in [0.15, 0.2) is 48.5 Å². The van der Waals surface area contributed by atoms with Crippen molar-refractivity contribution in [3.63, 3.8) is 0 Å². The average molecular weight is 364 g/mol. The Morgan fingerprint density at radius 1 is 1.00 bits per heavy atom. The molecule has 1 amide bonds. The SMILES string of the molecule is O=C(NC[C@]1(O)CCNC1)c1ccc(-c2ccc(C(=O)C3CC3)cc2)cc1. The van der Waals surface area contributed by atoms with Gasteiger partial charge >= 0.3 is 0 Å². The van der Waals surface area contributed by atoms with Crippen LogP contribution in [0.1, 0.15) is 40.0 Å². The molecule has 2 aromatic rings. The molecule has 0 spiro atoms. The predicted molar refractivity (Wildman–Crippen MR) is 104 cm³/mol. The van der Waals surface area contributed by atoms with Gasteiger partial charge < -0.3 is 15.7 Å². The van der Waals surface area contributed by atoms with Gasteiger partial charge in [-0.3, -0.25) is 9.59 Å². The molecular formula is C22H24N2O3. The number of aliphatic hydroxyl groups is 1. The lowest BCUT2D eigenvalue weighted by Crippen LogP contribution is -2.44.